The maximum Gasteiger partial charge on any atom is 0.236 e. The first kappa shape index (κ1) is 13.9. The third-order valence-corrected chi connectivity index (χ3v) is 4.21. The number of likely N-dealkylation sites (N-methyl/N-ethyl adjacent to an activating group) is 1. The molecule has 0 unspecified atom stereocenters. The Hall–Kier alpha value is -2.01. The number of hydrogen-bond acceptors (Lipinski definition) is 3. The number of amides is 1. The zero-order chi connectivity index (χ0) is 14.8. The number of hydrogen-bond donors (Lipinski definition) is 0. The lowest BCUT2D eigenvalue weighted by Crippen LogP contribution is -2.43. The smallest absolute Gasteiger partial charge is 0.236 e. The molecule has 1 aliphatic rings. The summed E-state index contributed by atoms with van der Waals surface area (Å²) in [5.74, 6) is 0.935. The van der Waals surface area contributed by atoms with Gasteiger partial charge in [-0.2, -0.15) is 0 Å². The summed E-state index contributed by atoms with van der Waals surface area (Å²) >= 11 is 0. The molecule has 2 aromatic heterocycles. The van der Waals surface area contributed by atoms with Crippen LogP contribution >= 0.6 is 0 Å². The van der Waals surface area contributed by atoms with Crippen LogP contribution in [0.15, 0.2) is 41.1 Å². The van der Waals surface area contributed by atoms with E-state index in [0.29, 0.717) is 13.1 Å². The van der Waals surface area contributed by atoms with Crippen molar-refractivity contribution in [3.63, 3.8) is 0 Å². The van der Waals surface area contributed by atoms with Crippen molar-refractivity contribution in [3.8, 4) is 0 Å². The predicted octanol–water partition coefficient (Wildman–Crippen LogP) is 2.12. The van der Waals surface area contributed by atoms with Crippen LogP contribution in [0.2, 0.25) is 0 Å². The zero-order valence-corrected chi connectivity index (χ0v) is 12.5. The SMILES string of the molecule is C[C@H]1c2cccn2CCN1CC(=O)N(C)Cc1ccco1. The highest BCUT2D eigenvalue weighted by molar-refractivity contribution is 5.78. The van der Waals surface area contributed by atoms with Gasteiger partial charge in [0.05, 0.1) is 19.4 Å². The van der Waals surface area contributed by atoms with Crippen molar-refractivity contribution in [2.45, 2.75) is 26.1 Å². The third kappa shape index (κ3) is 2.88. The molecular formula is C16H21N3O2. The Morgan fingerprint density at radius 2 is 2.24 bits per heavy atom. The van der Waals surface area contributed by atoms with Gasteiger partial charge in [0.25, 0.3) is 0 Å². The van der Waals surface area contributed by atoms with Crippen molar-refractivity contribution in [1.82, 2.24) is 14.4 Å². The number of nitrogens with zero attached hydrogens (tertiary/aromatic N) is 3. The topological polar surface area (TPSA) is 41.6 Å². The molecule has 21 heavy (non-hydrogen) atoms. The van der Waals surface area contributed by atoms with Gasteiger partial charge < -0.3 is 13.9 Å². The second-order valence-electron chi connectivity index (χ2n) is 5.60. The highest BCUT2D eigenvalue weighted by Crippen LogP contribution is 2.24. The lowest BCUT2D eigenvalue weighted by atomic mass is 10.1. The highest BCUT2D eigenvalue weighted by Gasteiger charge is 2.26. The van der Waals surface area contributed by atoms with E-state index in [-0.39, 0.29) is 11.9 Å². The van der Waals surface area contributed by atoms with Gasteiger partial charge in [-0.25, -0.2) is 0 Å². The third-order valence-electron chi connectivity index (χ3n) is 4.21. The minimum Gasteiger partial charge on any atom is -0.467 e. The second-order valence-corrected chi connectivity index (χ2v) is 5.60. The molecule has 0 N–H and O–H groups in total. The predicted molar refractivity (Wildman–Crippen MR) is 79.6 cm³/mol. The van der Waals surface area contributed by atoms with E-state index in [1.165, 1.54) is 5.69 Å². The summed E-state index contributed by atoms with van der Waals surface area (Å²) in [6, 6.07) is 8.21. The Bertz CT molecular complexity index is 603. The molecule has 0 saturated carbocycles. The number of carbonyl (C=O) groups excluding carboxylic acids is 1. The maximum atomic E-state index is 12.4. The monoisotopic (exact) mass is 287 g/mol. The molecule has 5 heteroatoms. The molecule has 5 nitrogen and oxygen atoms in total. The van der Waals surface area contributed by atoms with Crippen LogP contribution in [0.5, 0.6) is 0 Å². The Morgan fingerprint density at radius 3 is 3.00 bits per heavy atom. The van der Waals surface area contributed by atoms with E-state index in [1.54, 1.807) is 11.2 Å². The highest BCUT2D eigenvalue weighted by atomic mass is 16.3. The quantitative estimate of drug-likeness (QED) is 0.865. The van der Waals surface area contributed by atoms with E-state index in [0.717, 1.165) is 18.8 Å². The molecule has 0 saturated heterocycles. The fourth-order valence-corrected chi connectivity index (χ4v) is 2.86. The average molecular weight is 287 g/mol. The van der Waals surface area contributed by atoms with Crippen molar-refractivity contribution in [1.29, 1.82) is 0 Å². The standard InChI is InChI=1S/C16H21N3O2/c1-13-15-6-3-7-18(15)8-9-19(13)12-16(20)17(2)11-14-5-4-10-21-14/h3-7,10,13H,8-9,11-12H2,1-2H3/t13-/m0/s1. The van der Waals surface area contributed by atoms with Gasteiger partial charge >= 0.3 is 0 Å². The lowest BCUT2D eigenvalue weighted by Gasteiger charge is -2.35. The molecule has 0 spiro atoms. The van der Waals surface area contributed by atoms with Crippen molar-refractivity contribution >= 4 is 5.91 Å². The molecule has 1 atom stereocenters. The Balaban J connectivity index is 1.60. The Kier molecular flexibility index (Phi) is 3.84. The maximum absolute atomic E-state index is 12.4. The van der Waals surface area contributed by atoms with Crippen LogP contribution in [0, 0.1) is 0 Å². The van der Waals surface area contributed by atoms with Crippen LogP contribution in [0.4, 0.5) is 0 Å². The molecule has 3 rings (SSSR count). The largest absolute Gasteiger partial charge is 0.467 e. The van der Waals surface area contributed by atoms with Crippen molar-refractivity contribution < 1.29 is 9.21 Å². The van der Waals surface area contributed by atoms with E-state index in [2.05, 4.69) is 34.7 Å². The summed E-state index contributed by atoms with van der Waals surface area (Å²) < 4.78 is 7.55. The number of rotatable bonds is 4. The molecule has 0 fully saturated rings. The second kappa shape index (κ2) is 5.77. The number of furan rings is 1. The number of fused-ring (bicyclic) bond motifs is 1. The summed E-state index contributed by atoms with van der Waals surface area (Å²) in [5.41, 5.74) is 1.28. The van der Waals surface area contributed by atoms with E-state index in [9.17, 15) is 4.79 Å². The van der Waals surface area contributed by atoms with Crippen molar-refractivity contribution in [2.75, 3.05) is 20.1 Å². The first-order valence-electron chi connectivity index (χ1n) is 7.30. The Labute approximate surface area is 124 Å². The molecule has 3 heterocycles. The molecule has 1 aliphatic heterocycles. The van der Waals surface area contributed by atoms with Gasteiger partial charge in [0, 0.05) is 38.1 Å². The van der Waals surface area contributed by atoms with E-state index in [4.69, 9.17) is 4.42 Å². The molecule has 112 valence electrons. The molecule has 1 amide bonds. The zero-order valence-electron chi connectivity index (χ0n) is 12.5. The molecule has 0 aliphatic carbocycles. The van der Waals surface area contributed by atoms with Gasteiger partial charge in [0.1, 0.15) is 5.76 Å². The molecule has 0 radical (unpaired) electrons. The van der Waals surface area contributed by atoms with Crippen molar-refractivity contribution in [2.24, 2.45) is 0 Å². The van der Waals surface area contributed by atoms with Crippen molar-refractivity contribution in [3.05, 3.63) is 48.2 Å². The number of carbonyl (C=O) groups is 1. The summed E-state index contributed by atoms with van der Waals surface area (Å²) in [7, 11) is 1.82. The molecule has 0 aromatic carbocycles. The first-order chi connectivity index (χ1) is 10.1. The summed E-state index contributed by atoms with van der Waals surface area (Å²) in [6.07, 6.45) is 3.74. The summed E-state index contributed by atoms with van der Waals surface area (Å²) in [4.78, 5) is 16.3. The van der Waals surface area contributed by atoms with Crippen LogP contribution < -0.4 is 0 Å². The van der Waals surface area contributed by atoms with Crippen LogP contribution in [0.3, 0.4) is 0 Å². The van der Waals surface area contributed by atoms with Gasteiger partial charge in [-0.05, 0) is 31.2 Å². The summed E-state index contributed by atoms with van der Waals surface area (Å²) in [6.45, 7) is 4.98. The van der Waals surface area contributed by atoms with Gasteiger partial charge in [0.15, 0.2) is 0 Å². The van der Waals surface area contributed by atoms with Crippen LogP contribution in [-0.2, 0) is 17.9 Å². The van der Waals surface area contributed by atoms with Gasteiger partial charge in [-0.15, -0.1) is 0 Å². The van der Waals surface area contributed by atoms with E-state index < -0.39 is 0 Å². The van der Waals surface area contributed by atoms with Gasteiger partial charge in [-0.1, -0.05) is 0 Å². The molecule has 0 bridgehead atoms. The summed E-state index contributed by atoms with van der Waals surface area (Å²) in [5, 5.41) is 0. The number of aromatic nitrogens is 1. The lowest BCUT2D eigenvalue weighted by molar-refractivity contribution is -0.132. The van der Waals surface area contributed by atoms with E-state index >= 15 is 0 Å². The van der Waals surface area contributed by atoms with Crippen LogP contribution in [0.25, 0.3) is 0 Å². The van der Waals surface area contributed by atoms with Crippen LogP contribution in [0.1, 0.15) is 24.4 Å². The van der Waals surface area contributed by atoms with Gasteiger partial charge in [0.2, 0.25) is 5.91 Å². The normalized spacial score (nSPS) is 18.5. The minimum atomic E-state index is 0.123. The van der Waals surface area contributed by atoms with Gasteiger partial charge in [-0.3, -0.25) is 9.69 Å². The fourth-order valence-electron chi connectivity index (χ4n) is 2.86. The Morgan fingerprint density at radius 1 is 1.38 bits per heavy atom. The van der Waals surface area contributed by atoms with Crippen LogP contribution in [-0.4, -0.2) is 40.4 Å². The minimum absolute atomic E-state index is 0.123. The fraction of sp³-hybridized carbons (Fsp3) is 0.438. The molecule has 2 aromatic rings. The van der Waals surface area contributed by atoms with E-state index in [1.807, 2.05) is 19.2 Å². The molecular weight excluding hydrogens is 266 g/mol. The first-order valence-corrected chi connectivity index (χ1v) is 7.30. The average Bonchev–Trinajstić information content (AvgIpc) is 3.12.